The Hall–Kier alpha value is -2.64. The minimum atomic E-state index is -3.33. The molecule has 1 aromatic heterocycles. The van der Waals surface area contributed by atoms with Crippen LogP contribution in [0.3, 0.4) is 0 Å². The molecule has 27 heavy (non-hydrogen) atoms. The van der Waals surface area contributed by atoms with Crippen LogP contribution in [0.1, 0.15) is 23.3 Å². The molecular formula is C20H18N2O4S. The van der Waals surface area contributed by atoms with Crippen molar-refractivity contribution in [3.63, 3.8) is 0 Å². The minimum absolute atomic E-state index is 0.0866. The van der Waals surface area contributed by atoms with E-state index in [1.165, 1.54) is 12.1 Å². The third-order valence-corrected chi connectivity index (χ3v) is 6.61. The van der Waals surface area contributed by atoms with E-state index in [1.54, 1.807) is 12.4 Å². The Balaban J connectivity index is 1.57. The van der Waals surface area contributed by atoms with Gasteiger partial charge in [0.15, 0.2) is 9.84 Å². The van der Waals surface area contributed by atoms with Crippen LogP contribution in [0.25, 0.3) is 11.3 Å². The number of sulfone groups is 1. The lowest BCUT2D eigenvalue weighted by Crippen LogP contribution is -2.33. The van der Waals surface area contributed by atoms with Gasteiger partial charge in [-0.2, -0.15) is 0 Å². The predicted octanol–water partition coefficient (Wildman–Crippen LogP) is 2.60. The van der Waals surface area contributed by atoms with Crippen molar-refractivity contribution in [2.24, 2.45) is 5.92 Å². The van der Waals surface area contributed by atoms with Gasteiger partial charge in [-0.05, 0) is 17.7 Å². The molecule has 0 spiro atoms. The van der Waals surface area contributed by atoms with Gasteiger partial charge in [-0.15, -0.1) is 0 Å². The van der Waals surface area contributed by atoms with Gasteiger partial charge in [-0.25, -0.2) is 13.4 Å². The van der Waals surface area contributed by atoms with E-state index in [-0.39, 0.29) is 23.5 Å². The summed E-state index contributed by atoms with van der Waals surface area (Å²) in [4.78, 5) is 4.46. The molecule has 138 valence electrons. The molecule has 3 aromatic rings. The van der Waals surface area contributed by atoms with Crippen LogP contribution in [0.15, 0.2) is 59.9 Å². The monoisotopic (exact) mass is 382 g/mol. The summed E-state index contributed by atoms with van der Waals surface area (Å²) in [5.74, 6) is 0.219. The van der Waals surface area contributed by atoms with Gasteiger partial charge in [-0.3, -0.25) is 0 Å². The summed E-state index contributed by atoms with van der Waals surface area (Å²) in [6.07, 6.45) is 4.01. The summed E-state index contributed by atoms with van der Waals surface area (Å²) < 4.78 is 31.6. The lowest BCUT2D eigenvalue weighted by molar-refractivity contribution is 0.0310. The van der Waals surface area contributed by atoms with E-state index in [1.807, 2.05) is 18.3 Å². The lowest BCUT2D eigenvalue weighted by atomic mass is 9.84. The number of aromatic nitrogens is 2. The third-order valence-electron chi connectivity index (χ3n) is 5.50. The molecular weight excluding hydrogens is 364 g/mol. The number of fused-ring (bicyclic) bond motifs is 4. The van der Waals surface area contributed by atoms with Crippen molar-refractivity contribution in [2.45, 2.75) is 17.0 Å². The molecule has 2 aliphatic rings. The predicted molar refractivity (Wildman–Crippen MR) is 99.3 cm³/mol. The summed E-state index contributed by atoms with van der Waals surface area (Å²) in [5.41, 5.74) is 3.90. The number of hydrogen-bond acceptors (Lipinski definition) is 5. The second-order valence-electron chi connectivity index (χ2n) is 7.11. The molecule has 0 fully saturated rings. The average Bonchev–Trinajstić information content (AvgIpc) is 3.22. The molecule has 1 unspecified atom stereocenters. The van der Waals surface area contributed by atoms with Crippen LogP contribution >= 0.6 is 0 Å². The highest BCUT2D eigenvalue weighted by Gasteiger charge is 2.41. The molecule has 0 bridgehead atoms. The SMILES string of the molecule is CS(=O)(=O)c1ccc2c(c1)OCC([C@@H]1c3ccccc3-c3cncn31)[C@@H]2O. The molecule has 2 aliphatic heterocycles. The summed E-state index contributed by atoms with van der Waals surface area (Å²) in [7, 11) is -3.33. The van der Waals surface area contributed by atoms with Crippen LogP contribution in [-0.2, 0) is 9.84 Å². The number of hydrogen-bond donors (Lipinski definition) is 1. The summed E-state index contributed by atoms with van der Waals surface area (Å²) in [6.45, 7) is 0.290. The number of aliphatic hydroxyl groups excluding tert-OH is 1. The molecule has 2 aromatic carbocycles. The topological polar surface area (TPSA) is 81.4 Å². The fourth-order valence-corrected chi connectivity index (χ4v) is 4.83. The zero-order chi connectivity index (χ0) is 18.8. The molecule has 5 rings (SSSR count). The van der Waals surface area contributed by atoms with Crippen molar-refractivity contribution >= 4 is 9.84 Å². The van der Waals surface area contributed by atoms with Gasteiger partial charge in [-0.1, -0.05) is 30.3 Å². The molecule has 1 N–H and O–H groups in total. The van der Waals surface area contributed by atoms with Crippen molar-refractivity contribution < 1.29 is 18.3 Å². The third kappa shape index (κ3) is 2.42. The Morgan fingerprint density at radius 2 is 2.00 bits per heavy atom. The van der Waals surface area contributed by atoms with Gasteiger partial charge in [0.1, 0.15) is 5.75 Å². The minimum Gasteiger partial charge on any atom is -0.493 e. The van der Waals surface area contributed by atoms with Crippen molar-refractivity contribution in [3.05, 3.63) is 66.1 Å². The number of imidazole rings is 1. The van der Waals surface area contributed by atoms with E-state index < -0.39 is 15.9 Å². The van der Waals surface area contributed by atoms with E-state index in [2.05, 4.69) is 21.7 Å². The average molecular weight is 382 g/mol. The van der Waals surface area contributed by atoms with Crippen molar-refractivity contribution in [1.82, 2.24) is 9.55 Å². The van der Waals surface area contributed by atoms with E-state index >= 15 is 0 Å². The molecule has 0 amide bonds. The molecule has 7 heteroatoms. The van der Waals surface area contributed by atoms with E-state index in [0.29, 0.717) is 11.3 Å². The molecule has 3 atom stereocenters. The molecule has 0 saturated heterocycles. The number of aliphatic hydroxyl groups is 1. The Morgan fingerprint density at radius 3 is 2.81 bits per heavy atom. The Labute approximate surface area is 157 Å². The molecule has 0 aliphatic carbocycles. The van der Waals surface area contributed by atoms with Crippen LogP contribution in [-0.4, -0.2) is 35.9 Å². The first kappa shape index (κ1) is 16.5. The van der Waals surface area contributed by atoms with Crippen molar-refractivity contribution in [3.8, 4) is 17.0 Å². The van der Waals surface area contributed by atoms with E-state index in [9.17, 15) is 13.5 Å². The highest BCUT2D eigenvalue weighted by atomic mass is 32.2. The van der Waals surface area contributed by atoms with Crippen LogP contribution in [0.5, 0.6) is 5.75 Å². The Morgan fingerprint density at radius 1 is 1.19 bits per heavy atom. The van der Waals surface area contributed by atoms with Gasteiger partial charge >= 0.3 is 0 Å². The van der Waals surface area contributed by atoms with Gasteiger partial charge in [0.05, 0.1) is 41.9 Å². The van der Waals surface area contributed by atoms with E-state index in [4.69, 9.17) is 4.74 Å². The molecule has 0 saturated carbocycles. The highest BCUT2D eigenvalue weighted by Crippen LogP contribution is 2.49. The number of rotatable bonds is 2. The molecule has 0 radical (unpaired) electrons. The van der Waals surface area contributed by atoms with Crippen LogP contribution in [0.2, 0.25) is 0 Å². The van der Waals surface area contributed by atoms with Crippen LogP contribution in [0, 0.1) is 5.92 Å². The number of benzene rings is 2. The number of ether oxygens (including phenoxy) is 1. The quantitative estimate of drug-likeness (QED) is 0.737. The second-order valence-corrected chi connectivity index (χ2v) is 9.13. The van der Waals surface area contributed by atoms with Gasteiger partial charge in [0.2, 0.25) is 0 Å². The first-order valence-electron chi connectivity index (χ1n) is 8.71. The van der Waals surface area contributed by atoms with Crippen molar-refractivity contribution in [1.29, 1.82) is 0 Å². The summed E-state index contributed by atoms with van der Waals surface area (Å²) in [5, 5.41) is 11.1. The fourth-order valence-electron chi connectivity index (χ4n) is 4.20. The zero-order valence-corrected chi connectivity index (χ0v) is 15.4. The maximum Gasteiger partial charge on any atom is 0.175 e. The maximum atomic E-state index is 11.8. The highest BCUT2D eigenvalue weighted by molar-refractivity contribution is 7.90. The van der Waals surface area contributed by atoms with Crippen LogP contribution in [0.4, 0.5) is 0 Å². The van der Waals surface area contributed by atoms with Crippen molar-refractivity contribution in [2.75, 3.05) is 12.9 Å². The zero-order valence-electron chi connectivity index (χ0n) is 14.6. The Bertz CT molecular complexity index is 1150. The molecule has 3 heterocycles. The largest absolute Gasteiger partial charge is 0.493 e. The number of nitrogens with zero attached hydrogens (tertiary/aromatic N) is 2. The first-order valence-corrected chi connectivity index (χ1v) is 10.6. The van der Waals surface area contributed by atoms with Gasteiger partial charge in [0.25, 0.3) is 0 Å². The first-order chi connectivity index (χ1) is 12.9. The summed E-state index contributed by atoms with van der Waals surface area (Å²) in [6, 6.07) is 12.7. The Kier molecular flexibility index (Phi) is 3.47. The van der Waals surface area contributed by atoms with Crippen LogP contribution < -0.4 is 4.74 Å². The van der Waals surface area contributed by atoms with E-state index in [0.717, 1.165) is 23.1 Å². The second kappa shape index (κ2) is 5.68. The smallest absolute Gasteiger partial charge is 0.175 e. The normalized spacial score (nSPS) is 23.3. The van der Waals surface area contributed by atoms with Gasteiger partial charge in [0, 0.05) is 23.3 Å². The standard InChI is InChI=1S/C20H18N2O4S/c1-27(24,25)12-6-7-15-18(8-12)26-10-16(20(15)23)19-14-5-3-2-4-13(14)17-9-21-11-22(17)19/h2-9,11,16,19-20,23H,10H2,1H3/t16?,19-,20+/m0/s1. The fraction of sp³-hybridized carbons (Fsp3) is 0.250. The summed E-state index contributed by atoms with van der Waals surface area (Å²) >= 11 is 0. The molecule has 6 nitrogen and oxygen atoms in total. The maximum absolute atomic E-state index is 11.8. The van der Waals surface area contributed by atoms with Gasteiger partial charge < -0.3 is 14.4 Å². The lowest BCUT2D eigenvalue weighted by Gasteiger charge is -2.35.